The number of thioether (sulfide) groups is 1. The highest BCUT2D eigenvalue weighted by Gasteiger charge is 2.48. The minimum atomic E-state index is -6.07. The molecule has 1 amide bonds. The summed E-state index contributed by atoms with van der Waals surface area (Å²) in [6.07, 6.45) is 6.39. The van der Waals surface area contributed by atoms with Crippen LogP contribution in [0.5, 0.6) is 0 Å². The molecule has 0 aromatic heterocycles. The molecule has 3 aliphatic heterocycles. The van der Waals surface area contributed by atoms with Crippen LogP contribution in [0.4, 0.5) is 24.5 Å². The van der Waals surface area contributed by atoms with Crippen molar-refractivity contribution in [2.24, 2.45) is 11.3 Å². The van der Waals surface area contributed by atoms with E-state index in [9.17, 15) is 39.9 Å². The third kappa shape index (κ3) is 14.6. The van der Waals surface area contributed by atoms with Crippen LogP contribution in [0.3, 0.4) is 0 Å². The molecular weight excluding hydrogens is 1030 g/mol. The van der Waals surface area contributed by atoms with Gasteiger partial charge in [-0.25, -0.2) is 21.6 Å². The summed E-state index contributed by atoms with van der Waals surface area (Å²) in [6, 6.07) is 25.9. The minimum Gasteiger partial charge on any atom is -0.396 e. The van der Waals surface area contributed by atoms with Gasteiger partial charge in [-0.1, -0.05) is 54.4 Å². The SMILES string of the molecule is C[C@@]1(CN2CCC(CO)CC2)CCC(c2ccc(Cl)cc2)=C(CN2CCN(c3ccc(C(=O)NS(=O)(=O)c4ccc(N[C@H](CCN5CCCOCC5)CSc5ccccc5)c(S(=O)(=O)C(F)(F)F)c4)cc3)CC2)C1. The lowest BCUT2D eigenvalue weighted by Gasteiger charge is -2.44. The number of piperazine rings is 1. The number of sulfonamides is 1. The number of rotatable bonds is 19. The summed E-state index contributed by atoms with van der Waals surface area (Å²) in [5, 5.41) is 13.4. The number of nitrogens with zero attached hydrogens (tertiary/aromatic N) is 4. The topological polar surface area (TPSA) is 152 Å². The van der Waals surface area contributed by atoms with Crippen LogP contribution in [-0.2, 0) is 24.6 Å². The number of hydrogen-bond acceptors (Lipinski definition) is 13. The fourth-order valence-electron chi connectivity index (χ4n) is 10.6. The number of carbonyl (C=O) groups excluding carboxylic acids is 1. The molecule has 4 aromatic rings. The molecule has 4 aliphatic rings. The van der Waals surface area contributed by atoms with Crippen LogP contribution in [0.15, 0.2) is 117 Å². The van der Waals surface area contributed by atoms with E-state index in [4.69, 9.17) is 16.3 Å². The Morgan fingerprint density at radius 2 is 1.58 bits per heavy atom. The van der Waals surface area contributed by atoms with Gasteiger partial charge < -0.3 is 29.9 Å². The van der Waals surface area contributed by atoms with E-state index in [0.717, 1.165) is 120 Å². The molecule has 0 unspecified atom stereocenters. The van der Waals surface area contributed by atoms with E-state index in [1.807, 2.05) is 47.2 Å². The number of anilines is 2. The first-order chi connectivity index (χ1) is 35.4. The summed E-state index contributed by atoms with van der Waals surface area (Å²) in [7, 11) is -10.9. The number of carbonyl (C=O) groups is 1. The van der Waals surface area contributed by atoms with Gasteiger partial charge in [-0.2, -0.15) is 13.2 Å². The third-order valence-electron chi connectivity index (χ3n) is 14.8. The van der Waals surface area contributed by atoms with E-state index in [1.165, 1.54) is 40.6 Å². The first kappa shape index (κ1) is 56.0. The molecule has 0 bridgehead atoms. The van der Waals surface area contributed by atoms with E-state index >= 15 is 0 Å². The summed E-state index contributed by atoms with van der Waals surface area (Å²) >= 11 is 7.75. The lowest BCUT2D eigenvalue weighted by Crippen LogP contribution is -2.48. The zero-order valence-electron chi connectivity index (χ0n) is 41.9. The van der Waals surface area contributed by atoms with E-state index in [-0.39, 0.29) is 17.6 Å². The molecule has 8 rings (SSSR count). The molecule has 2 atom stereocenters. The van der Waals surface area contributed by atoms with Crippen molar-refractivity contribution in [3.63, 3.8) is 0 Å². The molecule has 3 heterocycles. The van der Waals surface area contributed by atoms with Gasteiger partial charge in [0.05, 0.1) is 17.2 Å². The Hall–Kier alpha value is -4.18. The molecule has 1 aliphatic carbocycles. The summed E-state index contributed by atoms with van der Waals surface area (Å²) in [6.45, 7) is 12.8. The molecular formula is C54H68ClF3N6O7S3. The molecule has 20 heteroatoms. The maximum Gasteiger partial charge on any atom is 0.501 e. The Bertz CT molecular complexity index is 2770. The van der Waals surface area contributed by atoms with E-state index in [1.54, 1.807) is 12.1 Å². The Morgan fingerprint density at radius 1 is 0.865 bits per heavy atom. The maximum absolute atomic E-state index is 14.3. The Kier molecular flexibility index (Phi) is 18.8. The second-order valence-corrected chi connectivity index (χ2v) is 25.5. The van der Waals surface area contributed by atoms with Crippen LogP contribution in [-0.4, -0.2) is 152 Å². The number of hydrogen-bond donors (Lipinski definition) is 3. The smallest absolute Gasteiger partial charge is 0.396 e. The zero-order valence-corrected chi connectivity index (χ0v) is 45.1. The van der Waals surface area contributed by atoms with Crippen molar-refractivity contribution in [3.8, 4) is 0 Å². The van der Waals surface area contributed by atoms with Crippen LogP contribution < -0.4 is 14.9 Å². The molecule has 4 aromatic carbocycles. The molecule has 402 valence electrons. The van der Waals surface area contributed by atoms with Gasteiger partial charge >= 0.3 is 5.51 Å². The van der Waals surface area contributed by atoms with E-state index < -0.39 is 52.8 Å². The lowest BCUT2D eigenvalue weighted by molar-refractivity contribution is -0.0435. The number of amides is 1. The third-order valence-corrected chi connectivity index (χ3v) is 19.1. The number of ether oxygens (including phenoxy) is 1. The van der Waals surface area contributed by atoms with E-state index in [2.05, 4.69) is 44.0 Å². The van der Waals surface area contributed by atoms with Gasteiger partial charge in [-0.05, 0) is 147 Å². The highest BCUT2D eigenvalue weighted by molar-refractivity contribution is 7.99. The van der Waals surface area contributed by atoms with Crippen molar-refractivity contribution in [2.45, 2.75) is 78.1 Å². The van der Waals surface area contributed by atoms with Crippen LogP contribution >= 0.6 is 23.4 Å². The van der Waals surface area contributed by atoms with Crippen LogP contribution in [0.25, 0.3) is 5.57 Å². The Balaban J connectivity index is 0.916. The van der Waals surface area contributed by atoms with Crippen LogP contribution in [0, 0.1) is 11.3 Å². The number of piperidine rings is 1. The molecule has 3 N–H and O–H groups in total. The second-order valence-electron chi connectivity index (χ2n) is 20.4. The average Bonchev–Trinajstić information content (AvgIpc) is 3.67. The highest BCUT2D eigenvalue weighted by Crippen LogP contribution is 2.44. The first-order valence-corrected chi connectivity index (χ1v) is 29.9. The molecule has 74 heavy (non-hydrogen) atoms. The number of aliphatic hydroxyl groups excluding tert-OH is 1. The maximum atomic E-state index is 14.3. The fourth-order valence-corrected chi connectivity index (χ4v) is 13.7. The predicted octanol–water partition coefficient (Wildman–Crippen LogP) is 8.91. The monoisotopic (exact) mass is 1100 g/mol. The highest BCUT2D eigenvalue weighted by atomic mass is 35.5. The van der Waals surface area contributed by atoms with E-state index in [0.29, 0.717) is 55.5 Å². The van der Waals surface area contributed by atoms with Crippen molar-refractivity contribution >= 4 is 66.1 Å². The number of alkyl halides is 3. The summed E-state index contributed by atoms with van der Waals surface area (Å²) in [5.41, 5.74) is -1.15. The molecule has 0 spiro atoms. The number of sulfone groups is 1. The average molecular weight is 1100 g/mol. The molecule has 13 nitrogen and oxygen atoms in total. The number of benzene rings is 4. The molecule has 0 saturated carbocycles. The predicted molar refractivity (Wildman–Crippen MR) is 287 cm³/mol. The molecule has 3 fully saturated rings. The summed E-state index contributed by atoms with van der Waals surface area (Å²) in [4.78, 5) is 21.8. The summed E-state index contributed by atoms with van der Waals surface area (Å²) < 4.78 is 104. The lowest BCUT2D eigenvalue weighted by atomic mass is 9.71. The van der Waals surface area contributed by atoms with Gasteiger partial charge in [-0.3, -0.25) is 9.69 Å². The second kappa shape index (κ2) is 24.9. The van der Waals surface area contributed by atoms with Crippen molar-refractivity contribution in [1.29, 1.82) is 0 Å². The fraction of sp³-hybridized carbons (Fsp3) is 0.500. The number of aliphatic hydroxyl groups is 1. The Labute approximate surface area is 443 Å². The molecule has 0 radical (unpaired) electrons. The normalized spacial score (nSPS) is 20.8. The van der Waals surface area contributed by atoms with Gasteiger partial charge in [0.2, 0.25) is 0 Å². The Morgan fingerprint density at radius 3 is 2.27 bits per heavy atom. The van der Waals surface area contributed by atoms with Gasteiger partial charge in [-0.15, -0.1) is 11.8 Å². The minimum absolute atomic E-state index is 0.00751. The van der Waals surface area contributed by atoms with Crippen LogP contribution in [0.2, 0.25) is 5.02 Å². The van der Waals surface area contributed by atoms with Gasteiger partial charge in [0.15, 0.2) is 0 Å². The zero-order chi connectivity index (χ0) is 52.5. The van der Waals surface area contributed by atoms with Gasteiger partial charge in [0.1, 0.15) is 4.90 Å². The standard InChI is InChI=1S/C54H68ClF3N6O7S3/c1-53(39-63-24-19-40(37-65)20-25-63)22-18-49(41-8-12-44(55)13-9-41)43(35-53)36-62-27-29-64(30-28-62)46-14-10-42(11-15-46)52(66)60-74(69,70)48-16-17-50(51(34-48)73(67,68)54(56,57)58)59-45(38-72-47-6-3-2-4-7-47)21-26-61-23-5-32-71-33-31-61/h2-4,6-17,34,40,45,59,65H,5,18-33,35-39H2,1H3,(H,60,66)/t45-,53-/m1/s1. The van der Waals surface area contributed by atoms with Crippen LogP contribution in [0.1, 0.15) is 67.8 Å². The largest absolute Gasteiger partial charge is 0.501 e. The van der Waals surface area contributed by atoms with Gasteiger partial charge in [0, 0.05) is 105 Å². The first-order valence-electron chi connectivity index (χ1n) is 25.5. The summed E-state index contributed by atoms with van der Waals surface area (Å²) in [5.74, 6) is -0.269. The van der Waals surface area contributed by atoms with Gasteiger partial charge in [0.25, 0.3) is 25.8 Å². The quantitative estimate of drug-likeness (QED) is 0.0768. The number of halogens is 4. The molecule has 3 saturated heterocycles. The van der Waals surface area contributed by atoms with Crippen molar-refractivity contribution < 1.29 is 44.6 Å². The number of allylic oxidation sites excluding steroid dienone is 1. The van der Waals surface area contributed by atoms with Crippen molar-refractivity contribution in [2.75, 3.05) is 108 Å². The number of likely N-dealkylation sites (tertiary alicyclic amines) is 1. The van der Waals surface area contributed by atoms with Crippen molar-refractivity contribution in [3.05, 3.63) is 119 Å². The van der Waals surface area contributed by atoms with Crippen molar-refractivity contribution in [1.82, 2.24) is 19.4 Å². The number of nitrogens with one attached hydrogen (secondary N) is 2.